The first-order valence-corrected chi connectivity index (χ1v) is 15.4. The molecule has 10 nitrogen and oxygen atoms in total. The van der Waals surface area contributed by atoms with Crippen LogP contribution in [0.15, 0.2) is 71.8 Å². The van der Waals surface area contributed by atoms with Gasteiger partial charge in [-0.1, -0.05) is 18.6 Å². The molecule has 3 aromatic rings. The zero-order valence-corrected chi connectivity index (χ0v) is 24.6. The Morgan fingerprint density at radius 1 is 1.02 bits per heavy atom. The van der Waals surface area contributed by atoms with Gasteiger partial charge in [0.15, 0.2) is 6.61 Å². The molecular weight excluding hydrogens is 586 g/mol. The summed E-state index contributed by atoms with van der Waals surface area (Å²) >= 11 is 1.61. The van der Waals surface area contributed by atoms with Gasteiger partial charge in [-0.05, 0) is 78.4 Å². The molecule has 1 saturated heterocycles. The number of carbonyl (C=O) groups excluding carboxylic acids is 4. The van der Waals surface area contributed by atoms with Crippen LogP contribution in [-0.2, 0) is 24.0 Å². The molecule has 0 spiro atoms. The van der Waals surface area contributed by atoms with Crippen LogP contribution in [0.4, 0.5) is 4.32 Å². The van der Waals surface area contributed by atoms with Gasteiger partial charge in [0.1, 0.15) is 5.75 Å². The molecule has 0 bridgehead atoms. The lowest BCUT2D eigenvalue weighted by Crippen LogP contribution is -2.43. The van der Waals surface area contributed by atoms with Crippen LogP contribution in [0.3, 0.4) is 0 Å². The highest BCUT2D eigenvalue weighted by molar-refractivity contribution is 7.10. The van der Waals surface area contributed by atoms with E-state index < -0.39 is 25.0 Å². The number of benzene rings is 1. The second-order valence-electron chi connectivity index (χ2n) is 10.6. The molecule has 3 aliphatic rings. The van der Waals surface area contributed by atoms with Crippen molar-refractivity contribution in [1.82, 2.24) is 19.7 Å². The summed E-state index contributed by atoms with van der Waals surface area (Å²) in [7, 11) is -1.36. The number of rotatable bonds is 12. The maximum atomic E-state index is 16.0. The number of thiophene rings is 1. The lowest BCUT2D eigenvalue weighted by Gasteiger charge is -2.33. The second-order valence-corrected chi connectivity index (χ2v) is 11.6. The minimum atomic E-state index is -1.36. The number of imide groups is 1. The van der Waals surface area contributed by atoms with Crippen LogP contribution >= 0.6 is 11.3 Å². The molecule has 44 heavy (non-hydrogen) atoms. The third-order valence-electron chi connectivity index (χ3n) is 7.67. The number of carbonyl (C=O) groups is 4. The number of ether oxygens (including phenoxy) is 1. The van der Waals surface area contributed by atoms with Crippen LogP contribution in [0.25, 0.3) is 17.3 Å². The van der Waals surface area contributed by atoms with Gasteiger partial charge in [0, 0.05) is 47.8 Å². The Bertz CT molecular complexity index is 1600. The second kappa shape index (κ2) is 12.9. The first-order chi connectivity index (χ1) is 21.4. The summed E-state index contributed by atoms with van der Waals surface area (Å²) in [6.07, 6.45) is 8.00. The van der Waals surface area contributed by atoms with Crippen LogP contribution in [0.1, 0.15) is 55.1 Å². The summed E-state index contributed by atoms with van der Waals surface area (Å²) in [6, 6.07) is 14.9. The van der Waals surface area contributed by atoms with Crippen molar-refractivity contribution in [2.24, 2.45) is 0 Å². The first-order valence-electron chi connectivity index (χ1n) is 14.5. The minimum Gasteiger partial charge on any atom is -0.484 e. The largest absolute Gasteiger partial charge is 0.593 e. The normalized spacial score (nSPS) is 17.1. The molecule has 13 heteroatoms. The predicted octanol–water partition coefficient (Wildman–Crippen LogP) is 4.65. The molecule has 1 N–H and O–H groups in total. The Kier molecular flexibility index (Phi) is 8.64. The first kappa shape index (κ1) is 29.4. The zero-order chi connectivity index (χ0) is 30.6. The molecule has 1 unspecified atom stereocenters. The van der Waals surface area contributed by atoms with Crippen molar-refractivity contribution in [3.8, 4) is 17.0 Å². The molecule has 2 aromatic heterocycles. The summed E-state index contributed by atoms with van der Waals surface area (Å²) in [6.45, 7) is 0.259. The Morgan fingerprint density at radius 2 is 1.82 bits per heavy atom. The highest BCUT2D eigenvalue weighted by Crippen LogP contribution is 2.41. The highest BCUT2D eigenvalue weighted by Gasteiger charge is 2.42. The summed E-state index contributed by atoms with van der Waals surface area (Å²) in [5.74, 6) is -1.39. The standard InChI is InChI=1S/C31H30BFN4O6S/c33-32-35-22(19-23-10-14-26(36(23)32)27-5-4-18-44-27)9-13-25(35)21-7-11-24(12-8-21)42-20-28(38)34-17-3-1-2-6-31(41)43-37-29(39)15-16-30(37)40/h4-5,7-14,18-19,26H,1-3,6,15-17,20H2,(H,34,38). The van der Waals surface area contributed by atoms with Crippen molar-refractivity contribution in [3.05, 3.63) is 82.3 Å². The molecule has 6 rings (SSSR count). The minimum absolute atomic E-state index is 0.0597. The van der Waals surface area contributed by atoms with E-state index in [9.17, 15) is 19.2 Å². The third-order valence-corrected chi connectivity index (χ3v) is 8.61. The van der Waals surface area contributed by atoms with Gasteiger partial charge in [0.05, 0.1) is 6.04 Å². The van der Waals surface area contributed by atoms with Gasteiger partial charge in [0.25, 0.3) is 17.7 Å². The summed E-state index contributed by atoms with van der Waals surface area (Å²) in [4.78, 5) is 54.7. The van der Waals surface area contributed by atoms with Gasteiger partial charge >= 0.3 is 13.2 Å². The van der Waals surface area contributed by atoms with E-state index in [1.165, 1.54) is 0 Å². The van der Waals surface area contributed by atoms with Crippen molar-refractivity contribution >= 4 is 48.4 Å². The Morgan fingerprint density at radius 3 is 2.57 bits per heavy atom. The molecule has 0 radical (unpaired) electrons. The Balaban J connectivity index is 0.937. The number of nitrogens with zero attached hydrogens (tertiary/aromatic N) is 3. The molecule has 226 valence electrons. The predicted molar refractivity (Wildman–Crippen MR) is 162 cm³/mol. The van der Waals surface area contributed by atoms with Crippen molar-refractivity contribution < 1.29 is 33.1 Å². The van der Waals surface area contributed by atoms with Crippen LogP contribution in [-0.4, -0.2) is 58.5 Å². The van der Waals surface area contributed by atoms with Gasteiger partial charge in [-0.15, -0.1) is 16.4 Å². The van der Waals surface area contributed by atoms with E-state index in [1.54, 1.807) is 32.8 Å². The fourth-order valence-corrected chi connectivity index (χ4v) is 6.26. The molecule has 1 aromatic carbocycles. The lowest BCUT2D eigenvalue weighted by atomic mass is 9.92. The van der Waals surface area contributed by atoms with Gasteiger partial charge in [-0.2, -0.15) is 0 Å². The van der Waals surface area contributed by atoms with E-state index in [1.807, 2.05) is 60.0 Å². The maximum Gasteiger partial charge on any atom is 0.593 e. The fourth-order valence-electron chi connectivity index (χ4n) is 5.46. The molecule has 0 aliphatic carbocycles. The van der Waals surface area contributed by atoms with Crippen LogP contribution < -0.4 is 10.1 Å². The quantitative estimate of drug-likeness (QED) is 0.179. The topological polar surface area (TPSA) is 110 Å². The molecule has 0 saturated carbocycles. The molecule has 3 aliphatic heterocycles. The van der Waals surface area contributed by atoms with E-state index in [0.29, 0.717) is 36.6 Å². The number of unbranched alkanes of at least 4 members (excludes halogenated alkanes) is 2. The van der Waals surface area contributed by atoms with E-state index in [4.69, 9.17) is 9.57 Å². The van der Waals surface area contributed by atoms with Crippen molar-refractivity contribution in [2.75, 3.05) is 13.2 Å². The number of halogens is 1. The van der Waals surface area contributed by atoms with Crippen molar-refractivity contribution in [2.45, 2.75) is 44.6 Å². The number of nitrogens with one attached hydrogen (secondary N) is 1. The lowest BCUT2D eigenvalue weighted by molar-refractivity contribution is -0.197. The number of hydroxylamine groups is 2. The number of allylic oxidation sites excluding steroid dienone is 1. The molecule has 5 heterocycles. The number of hydrogen-bond acceptors (Lipinski definition) is 8. The van der Waals surface area contributed by atoms with Gasteiger partial charge in [-0.3, -0.25) is 18.7 Å². The monoisotopic (exact) mass is 616 g/mol. The van der Waals surface area contributed by atoms with Gasteiger partial charge in [0.2, 0.25) is 0 Å². The average Bonchev–Trinajstić information content (AvgIpc) is 3.83. The highest BCUT2D eigenvalue weighted by atomic mass is 32.1. The molecular formula is C31H30BFN4O6S. The van der Waals surface area contributed by atoms with Crippen LogP contribution in [0, 0.1) is 0 Å². The van der Waals surface area contributed by atoms with Crippen molar-refractivity contribution in [1.29, 1.82) is 0 Å². The van der Waals surface area contributed by atoms with Crippen LogP contribution in [0.2, 0.25) is 0 Å². The molecule has 3 amide bonds. The fraction of sp³-hybridized carbons (Fsp3) is 0.290. The third kappa shape index (κ3) is 6.18. The van der Waals surface area contributed by atoms with Gasteiger partial charge < -0.3 is 24.2 Å². The zero-order valence-electron chi connectivity index (χ0n) is 23.8. The number of fused-ring (bicyclic) bond motifs is 2. The van der Waals surface area contributed by atoms with E-state index >= 15 is 4.32 Å². The van der Waals surface area contributed by atoms with Crippen molar-refractivity contribution in [3.63, 3.8) is 0 Å². The summed E-state index contributed by atoms with van der Waals surface area (Å²) in [5.41, 5.74) is 3.22. The molecule has 1 atom stereocenters. The van der Waals surface area contributed by atoms with E-state index in [2.05, 4.69) is 5.32 Å². The number of hydrogen-bond donors (Lipinski definition) is 1. The Labute approximate surface area is 257 Å². The molecule has 1 fully saturated rings. The summed E-state index contributed by atoms with van der Waals surface area (Å²) < 4.78 is 23.4. The Hall–Kier alpha value is -4.65. The van der Waals surface area contributed by atoms with Crippen LogP contribution in [0.5, 0.6) is 5.75 Å². The van der Waals surface area contributed by atoms with E-state index in [-0.39, 0.29) is 37.8 Å². The SMILES string of the molecule is O=C(COc1ccc(-c2ccc3n2B(F)N2C(=C3)C=CC2c2cccs2)cc1)NCCCCCC(=O)ON1C(=O)CCC1=O. The summed E-state index contributed by atoms with van der Waals surface area (Å²) in [5, 5.41) is 5.32. The average molecular weight is 616 g/mol. The number of aromatic nitrogens is 1. The number of amides is 3. The maximum absolute atomic E-state index is 16.0. The van der Waals surface area contributed by atoms with Gasteiger partial charge in [-0.25, -0.2) is 4.79 Å². The smallest absolute Gasteiger partial charge is 0.484 e. The van der Waals surface area contributed by atoms with E-state index in [0.717, 1.165) is 27.5 Å².